The zero-order valence-corrected chi connectivity index (χ0v) is 13.2. The standard InChI is InChI=1S/C16H23N3O3/c1-3-12(4-2)17-16(20)14-11-13(19(21)22)7-8-15(14)18-9-5-6-10-18/h7-8,11-12H,3-6,9-10H2,1-2H3,(H,17,20). The SMILES string of the molecule is CCC(CC)NC(=O)c1cc([N+](=O)[O-])ccc1N1CCCC1. The molecule has 1 saturated heterocycles. The lowest BCUT2D eigenvalue weighted by atomic mass is 10.1. The van der Waals surface area contributed by atoms with Gasteiger partial charge in [-0.1, -0.05) is 13.8 Å². The van der Waals surface area contributed by atoms with Crippen molar-refractivity contribution in [3.05, 3.63) is 33.9 Å². The molecule has 1 fully saturated rings. The van der Waals surface area contributed by atoms with Crippen molar-refractivity contribution in [2.24, 2.45) is 0 Å². The summed E-state index contributed by atoms with van der Waals surface area (Å²) < 4.78 is 0. The first-order valence-electron chi connectivity index (χ1n) is 7.91. The molecule has 0 bridgehead atoms. The van der Waals surface area contributed by atoms with Crippen LogP contribution < -0.4 is 10.2 Å². The number of carbonyl (C=O) groups excluding carboxylic acids is 1. The van der Waals surface area contributed by atoms with Crippen LogP contribution in [0.5, 0.6) is 0 Å². The van der Waals surface area contributed by atoms with Gasteiger partial charge in [0.1, 0.15) is 0 Å². The summed E-state index contributed by atoms with van der Waals surface area (Å²) in [5.74, 6) is -0.223. The number of rotatable bonds is 6. The van der Waals surface area contributed by atoms with Crippen LogP contribution in [0.3, 0.4) is 0 Å². The fourth-order valence-electron chi connectivity index (χ4n) is 2.81. The lowest BCUT2D eigenvalue weighted by Crippen LogP contribution is -2.35. The normalized spacial score (nSPS) is 14.4. The Morgan fingerprint density at radius 2 is 1.95 bits per heavy atom. The number of nitro groups is 1. The Bertz CT molecular complexity index is 550. The Morgan fingerprint density at radius 3 is 2.50 bits per heavy atom. The minimum atomic E-state index is -0.457. The molecule has 6 heteroatoms. The molecule has 6 nitrogen and oxygen atoms in total. The molecule has 0 spiro atoms. The highest BCUT2D eigenvalue weighted by Gasteiger charge is 2.23. The first-order valence-corrected chi connectivity index (χ1v) is 7.91. The van der Waals surface area contributed by atoms with Crippen LogP contribution in [-0.4, -0.2) is 30.0 Å². The second-order valence-electron chi connectivity index (χ2n) is 5.64. The van der Waals surface area contributed by atoms with Gasteiger partial charge in [-0.2, -0.15) is 0 Å². The molecule has 22 heavy (non-hydrogen) atoms. The van der Waals surface area contributed by atoms with Crippen molar-refractivity contribution < 1.29 is 9.72 Å². The highest BCUT2D eigenvalue weighted by molar-refractivity contribution is 6.00. The van der Waals surface area contributed by atoms with Crippen LogP contribution >= 0.6 is 0 Å². The second kappa shape index (κ2) is 7.24. The minimum Gasteiger partial charge on any atom is -0.371 e. The molecule has 0 aromatic heterocycles. The maximum Gasteiger partial charge on any atom is 0.270 e. The van der Waals surface area contributed by atoms with Crippen LogP contribution in [0.2, 0.25) is 0 Å². The van der Waals surface area contributed by atoms with E-state index in [0.717, 1.165) is 44.5 Å². The number of benzene rings is 1. The van der Waals surface area contributed by atoms with Gasteiger partial charge in [0.05, 0.1) is 16.2 Å². The summed E-state index contributed by atoms with van der Waals surface area (Å²) in [5.41, 5.74) is 1.16. The lowest BCUT2D eigenvalue weighted by molar-refractivity contribution is -0.384. The molecule has 1 heterocycles. The van der Waals surface area contributed by atoms with Crippen LogP contribution in [0.1, 0.15) is 49.9 Å². The van der Waals surface area contributed by atoms with Crippen LogP contribution in [-0.2, 0) is 0 Å². The molecule has 1 aromatic carbocycles. The molecule has 0 radical (unpaired) electrons. The van der Waals surface area contributed by atoms with E-state index in [1.165, 1.54) is 12.1 Å². The van der Waals surface area contributed by atoms with Crippen LogP contribution in [0.4, 0.5) is 11.4 Å². The van der Waals surface area contributed by atoms with Crippen molar-refractivity contribution in [2.75, 3.05) is 18.0 Å². The quantitative estimate of drug-likeness (QED) is 0.647. The third kappa shape index (κ3) is 3.55. The summed E-state index contributed by atoms with van der Waals surface area (Å²) in [6.07, 6.45) is 3.86. The van der Waals surface area contributed by atoms with Crippen molar-refractivity contribution in [1.29, 1.82) is 0 Å². The molecule has 0 unspecified atom stereocenters. The maximum absolute atomic E-state index is 12.6. The van der Waals surface area contributed by atoms with Crippen LogP contribution in [0, 0.1) is 10.1 Å². The van der Waals surface area contributed by atoms with Gasteiger partial charge >= 0.3 is 0 Å². The Labute approximate surface area is 130 Å². The van der Waals surface area contributed by atoms with E-state index in [1.54, 1.807) is 6.07 Å². The predicted molar refractivity (Wildman–Crippen MR) is 86.4 cm³/mol. The van der Waals surface area contributed by atoms with Gasteiger partial charge in [0.2, 0.25) is 0 Å². The Hall–Kier alpha value is -2.11. The molecule has 1 aromatic rings. The third-order valence-electron chi connectivity index (χ3n) is 4.20. The number of anilines is 1. The number of hydrogen-bond acceptors (Lipinski definition) is 4. The van der Waals surface area contributed by atoms with Crippen molar-refractivity contribution >= 4 is 17.3 Å². The molecule has 0 atom stereocenters. The fraction of sp³-hybridized carbons (Fsp3) is 0.562. The zero-order chi connectivity index (χ0) is 16.1. The Morgan fingerprint density at radius 1 is 1.32 bits per heavy atom. The molecular weight excluding hydrogens is 282 g/mol. The average Bonchev–Trinajstić information content (AvgIpc) is 3.05. The van der Waals surface area contributed by atoms with Crippen LogP contribution in [0.15, 0.2) is 18.2 Å². The van der Waals surface area contributed by atoms with E-state index < -0.39 is 4.92 Å². The number of carbonyl (C=O) groups is 1. The van der Waals surface area contributed by atoms with E-state index in [0.29, 0.717) is 5.56 Å². The molecule has 1 N–H and O–H groups in total. The summed E-state index contributed by atoms with van der Waals surface area (Å²) in [4.78, 5) is 25.2. The molecule has 0 saturated carbocycles. The second-order valence-corrected chi connectivity index (χ2v) is 5.64. The molecule has 120 valence electrons. The van der Waals surface area contributed by atoms with Crippen molar-refractivity contribution in [1.82, 2.24) is 5.32 Å². The van der Waals surface area contributed by atoms with E-state index in [-0.39, 0.29) is 17.6 Å². The van der Waals surface area contributed by atoms with Gasteiger partial charge < -0.3 is 10.2 Å². The topological polar surface area (TPSA) is 75.5 Å². The molecule has 1 aliphatic heterocycles. The van der Waals surface area contributed by atoms with E-state index in [9.17, 15) is 14.9 Å². The third-order valence-corrected chi connectivity index (χ3v) is 4.20. The molecule has 2 rings (SSSR count). The zero-order valence-electron chi connectivity index (χ0n) is 13.2. The molecule has 1 aliphatic rings. The van der Waals surface area contributed by atoms with Gasteiger partial charge in [-0.3, -0.25) is 14.9 Å². The van der Waals surface area contributed by atoms with E-state index in [1.807, 2.05) is 13.8 Å². The smallest absolute Gasteiger partial charge is 0.270 e. The highest BCUT2D eigenvalue weighted by atomic mass is 16.6. The first kappa shape index (κ1) is 16.3. The Balaban J connectivity index is 2.33. The number of nitrogens with one attached hydrogen (secondary N) is 1. The van der Waals surface area contributed by atoms with E-state index in [2.05, 4.69) is 10.2 Å². The van der Waals surface area contributed by atoms with E-state index >= 15 is 0 Å². The summed E-state index contributed by atoms with van der Waals surface area (Å²) >= 11 is 0. The number of amides is 1. The maximum atomic E-state index is 12.6. The highest BCUT2D eigenvalue weighted by Crippen LogP contribution is 2.28. The molecule has 0 aliphatic carbocycles. The summed E-state index contributed by atoms with van der Waals surface area (Å²) in [5, 5.41) is 14.0. The van der Waals surface area contributed by atoms with Crippen molar-refractivity contribution in [2.45, 2.75) is 45.6 Å². The van der Waals surface area contributed by atoms with Gasteiger partial charge in [-0.05, 0) is 31.7 Å². The first-order chi connectivity index (χ1) is 10.6. The minimum absolute atomic E-state index is 0.0438. The Kier molecular flexibility index (Phi) is 5.35. The van der Waals surface area contributed by atoms with Crippen molar-refractivity contribution in [3.8, 4) is 0 Å². The average molecular weight is 305 g/mol. The summed E-state index contributed by atoms with van der Waals surface area (Å²) in [7, 11) is 0. The predicted octanol–water partition coefficient (Wildman–Crippen LogP) is 3.11. The lowest BCUT2D eigenvalue weighted by Gasteiger charge is -2.22. The van der Waals surface area contributed by atoms with Gasteiger partial charge in [-0.15, -0.1) is 0 Å². The van der Waals surface area contributed by atoms with Gasteiger partial charge in [-0.25, -0.2) is 0 Å². The number of nitro benzene ring substituents is 1. The number of non-ortho nitro benzene ring substituents is 1. The van der Waals surface area contributed by atoms with Gasteiger partial charge in [0.25, 0.3) is 11.6 Å². The van der Waals surface area contributed by atoms with Gasteiger partial charge in [0, 0.05) is 31.3 Å². The van der Waals surface area contributed by atoms with Crippen molar-refractivity contribution in [3.63, 3.8) is 0 Å². The largest absolute Gasteiger partial charge is 0.371 e. The summed E-state index contributed by atoms with van der Waals surface area (Å²) in [6.45, 7) is 5.82. The molecular formula is C16H23N3O3. The number of nitrogens with zero attached hydrogens (tertiary/aromatic N) is 2. The number of hydrogen-bond donors (Lipinski definition) is 1. The molecule has 1 amide bonds. The monoisotopic (exact) mass is 305 g/mol. The fourth-order valence-corrected chi connectivity index (χ4v) is 2.81. The van der Waals surface area contributed by atoms with Crippen LogP contribution in [0.25, 0.3) is 0 Å². The van der Waals surface area contributed by atoms with Gasteiger partial charge in [0.15, 0.2) is 0 Å². The van der Waals surface area contributed by atoms with E-state index in [4.69, 9.17) is 0 Å². The summed E-state index contributed by atoms with van der Waals surface area (Å²) in [6, 6.07) is 4.66.